The van der Waals surface area contributed by atoms with Crippen molar-refractivity contribution in [2.75, 3.05) is 30.8 Å². The average molecular weight is 524 g/mol. The first-order chi connectivity index (χ1) is 17.8. The number of carbonyl (C=O) groups excluding carboxylic acids is 2. The van der Waals surface area contributed by atoms with Crippen LogP contribution in [0.3, 0.4) is 0 Å². The Morgan fingerprint density at radius 2 is 1.57 bits per heavy atom. The first-order valence-corrected chi connectivity index (χ1v) is 13.3. The molecule has 2 amide bonds. The molecule has 1 aliphatic rings. The van der Waals surface area contributed by atoms with Crippen LogP contribution in [0.2, 0.25) is 0 Å². The van der Waals surface area contributed by atoms with E-state index in [0.717, 1.165) is 5.56 Å². The number of nitrogens with zero attached hydrogens (tertiary/aromatic N) is 1. The van der Waals surface area contributed by atoms with Gasteiger partial charge in [0, 0.05) is 24.5 Å². The highest BCUT2D eigenvalue weighted by Gasteiger charge is 2.33. The zero-order chi connectivity index (χ0) is 26.3. The lowest BCUT2D eigenvalue weighted by Gasteiger charge is -2.31. The fourth-order valence-electron chi connectivity index (χ4n) is 4.02. The second kappa shape index (κ2) is 11.9. The van der Waals surface area contributed by atoms with E-state index < -0.39 is 22.0 Å². The molecular weight excluding hydrogens is 494 g/mol. The van der Waals surface area contributed by atoms with Gasteiger partial charge >= 0.3 is 6.09 Å². The Morgan fingerprint density at radius 1 is 0.919 bits per heavy atom. The molecule has 1 fully saturated rings. The molecule has 0 aliphatic carbocycles. The summed E-state index contributed by atoms with van der Waals surface area (Å²) < 4.78 is 38.0. The highest BCUT2D eigenvalue weighted by atomic mass is 32.2. The SMILES string of the molecule is COC(=O)Nc1ccc(S(=O)(=O)N2CCC[C@@H](C(=O)Nc3ccc(OCc4ccccc4)cc3)C2)cc1. The Bertz CT molecular complexity index is 1310. The molecule has 0 radical (unpaired) electrons. The maximum atomic E-state index is 13.2. The molecule has 0 unspecified atom stereocenters. The average Bonchev–Trinajstić information content (AvgIpc) is 2.93. The number of rotatable bonds is 8. The van der Waals surface area contributed by atoms with Crippen LogP contribution in [-0.4, -0.2) is 44.9 Å². The Labute approximate surface area is 216 Å². The summed E-state index contributed by atoms with van der Waals surface area (Å²) in [5, 5.41) is 5.37. The Hall–Kier alpha value is -3.89. The number of sulfonamides is 1. The molecule has 3 aromatic rings. The van der Waals surface area contributed by atoms with Gasteiger partial charge in [0.05, 0.1) is 17.9 Å². The van der Waals surface area contributed by atoms with Crippen molar-refractivity contribution in [3.8, 4) is 5.75 Å². The summed E-state index contributed by atoms with van der Waals surface area (Å²) in [6, 6.07) is 22.8. The van der Waals surface area contributed by atoms with Gasteiger partial charge < -0.3 is 14.8 Å². The van der Waals surface area contributed by atoms with E-state index in [1.54, 1.807) is 24.3 Å². The molecule has 0 saturated carbocycles. The van der Waals surface area contributed by atoms with Gasteiger partial charge in [-0.05, 0) is 66.9 Å². The first-order valence-electron chi connectivity index (χ1n) is 11.9. The van der Waals surface area contributed by atoms with Crippen LogP contribution in [0.4, 0.5) is 16.2 Å². The molecule has 0 aromatic heterocycles. The lowest BCUT2D eigenvalue weighted by Crippen LogP contribution is -2.43. The molecule has 1 aliphatic heterocycles. The van der Waals surface area contributed by atoms with Crippen molar-refractivity contribution in [2.45, 2.75) is 24.3 Å². The molecule has 194 valence electrons. The summed E-state index contributed by atoms with van der Waals surface area (Å²) in [5.74, 6) is -0.0159. The smallest absolute Gasteiger partial charge is 0.411 e. The second-order valence-electron chi connectivity index (χ2n) is 8.63. The maximum Gasteiger partial charge on any atom is 0.411 e. The van der Waals surface area contributed by atoms with Crippen molar-refractivity contribution in [1.82, 2.24) is 4.31 Å². The minimum absolute atomic E-state index is 0.0919. The Balaban J connectivity index is 1.33. The van der Waals surface area contributed by atoms with Gasteiger partial charge in [-0.15, -0.1) is 0 Å². The largest absolute Gasteiger partial charge is 0.489 e. The first kappa shape index (κ1) is 26.2. The zero-order valence-electron chi connectivity index (χ0n) is 20.4. The quantitative estimate of drug-likeness (QED) is 0.450. The standard InChI is InChI=1S/C27H29N3O6S/c1-35-27(32)29-23-11-15-25(16-12-23)37(33,34)30-17-5-8-21(18-30)26(31)28-22-9-13-24(14-10-22)36-19-20-6-3-2-4-7-20/h2-4,6-7,9-16,21H,5,8,17-19H2,1H3,(H,28,31)(H,29,32)/t21-/m1/s1. The predicted octanol–water partition coefficient (Wildman–Crippen LogP) is 4.48. The molecule has 10 heteroatoms. The number of carbonyl (C=O) groups is 2. The molecule has 9 nitrogen and oxygen atoms in total. The fourth-order valence-corrected chi connectivity index (χ4v) is 5.55. The normalized spacial score (nSPS) is 16.0. The van der Waals surface area contributed by atoms with Gasteiger partial charge in [-0.2, -0.15) is 4.31 Å². The molecule has 37 heavy (non-hydrogen) atoms. The van der Waals surface area contributed by atoms with Crippen LogP contribution in [0.5, 0.6) is 5.75 Å². The molecular formula is C27H29N3O6S. The van der Waals surface area contributed by atoms with Crippen molar-refractivity contribution in [3.05, 3.63) is 84.4 Å². The number of hydrogen-bond acceptors (Lipinski definition) is 6. The molecule has 1 saturated heterocycles. The summed E-state index contributed by atoms with van der Waals surface area (Å²) >= 11 is 0. The van der Waals surface area contributed by atoms with Crippen LogP contribution in [-0.2, 0) is 26.2 Å². The molecule has 0 bridgehead atoms. The van der Waals surface area contributed by atoms with Crippen LogP contribution in [0.1, 0.15) is 18.4 Å². The monoisotopic (exact) mass is 523 g/mol. The summed E-state index contributed by atoms with van der Waals surface area (Å²) in [7, 11) is -2.55. The highest BCUT2D eigenvalue weighted by Crippen LogP contribution is 2.26. The number of anilines is 2. The lowest BCUT2D eigenvalue weighted by atomic mass is 9.99. The third-order valence-corrected chi connectivity index (χ3v) is 7.93. The van der Waals surface area contributed by atoms with Gasteiger partial charge in [0.25, 0.3) is 0 Å². The number of amides is 2. The fraction of sp³-hybridized carbons (Fsp3) is 0.259. The van der Waals surface area contributed by atoms with Crippen molar-refractivity contribution >= 4 is 33.4 Å². The molecule has 1 atom stereocenters. The zero-order valence-corrected chi connectivity index (χ0v) is 21.2. The minimum Gasteiger partial charge on any atom is -0.489 e. The number of methoxy groups -OCH3 is 1. The van der Waals surface area contributed by atoms with Crippen molar-refractivity contribution in [2.24, 2.45) is 5.92 Å². The van der Waals surface area contributed by atoms with Crippen LogP contribution >= 0.6 is 0 Å². The third-order valence-electron chi connectivity index (χ3n) is 6.05. The number of hydrogen-bond donors (Lipinski definition) is 2. The van der Waals surface area contributed by atoms with E-state index in [0.29, 0.717) is 43.1 Å². The third kappa shape index (κ3) is 6.87. The number of ether oxygens (including phenoxy) is 2. The van der Waals surface area contributed by atoms with Gasteiger partial charge in [0.1, 0.15) is 12.4 Å². The van der Waals surface area contributed by atoms with Crippen LogP contribution in [0.15, 0.2) is 83.8 Å². The Morgan fingerprint density at radius 3 is 2.24 bits per heavy atom. The van der Waals surface area contributed by atoms with Crippen molar-refractivity contribution < 1.29 is 27.5 Å². The molecule has 4 rings (SSSR count). The van der Waals surface area contributed by atoms with Gasteiger partial charge in [0.15, 0.2) is 0 Å². The van der Waals surface area contributed by atoms with E-state index in [9.17, 15) is 18.0 Å². The van der Waals surface area contributed by atoms with Crippen LogP contribution in [0.25, 0.3) is 0 Å². The molecule has 0 spiro atoms. The van der Waals surface area contributed by atoms with E-state index in [1.165, 1.54) is 35.7 Å². The lowest BCUT2D eigenvalue weighted by molar-refractivity contribution is -0.120. The van der Waals surface area contributed by atoms with Crippen LogP contribution in [0, 0.1) is 5.92 Å². The van der Waals surface area contributed by atoms with Gasteiger partial charge in [0.2, 0.25) is 15.9 Å². The van der Waals surface area contributed by atoms with E-state index in [2.05, 4.69) is 15.4 Å². The second-order valence-corrected chi connectivity index (χ2v) is 10.6. The number of benzene rings is 3. The van der Waals surface area contributed by atoms with Crippen LogP contribution < -0.4 is 15.4 Å². The predicted molar refractivity (Wildman–Crippen MR) is 140 cm³/mol. The minimum atomic E-state index is -3.79. The number of piperidine rings is 1. The molecule has 3 aromatic carbocycles. The van der Waals surface area contributed by atoms with E-state index in [4.69, 9.17) is 4.74 Å². The molecule has 2 N–H and O–H groups in total. The van der Waals surface area contributed by atoms with Gasteiger partial charge in [-0.1, -0.05) is 30.3 Å². The maximum absolute atomic E-state index is 13.2. The Kier molecular flexibility index (Phi) is 8.42. The summed E-state index contributed by atoms with van der Waals surface area (Å²) in [6.45, 7) is 0.875. The van der Waals surface area contributed by atoms with Crippen molar-refractivity contribution in [1.29, 1.82) is 0 Å². The summed E-state index contributed by atoms with van der Waals surface area (Å²) in [5.41, 5.74) is 2.09. The van der Waals surface area contributed by atoms with E-state index in [-0.39, 0.29) is 17.3 Å². The topological polar surface area (TPSA) is 114 Å². The van der Waals surface area contributed by atoms with E-state index in [1.807, 2.05) is 30.3 Å². The van der Waals surface area contributed by atoms with Gasteiger partial charge in [-0.3, -0.25) is 10.1 Å². The highest BCUT2D eigenvalue weighted by molar-refractivity contribution is 7.89. The summed E-state index contributed by atoms with van der Waals surface area (Å²) in [6.07, 6.45) is 0.527. The van der Waals surface area contributed by atoms with Gasteiger partial charge in [-0.25, -0.2) is 13.2 Å². The number of nitrogens with one attached hydrogen (secondary N) is 2. The summed E-state index contributed by atoms with van der Waals surface area (Å²) in [4.78, 5) is 24.4. The van der Waals surface area contributed by atoms with Crippen molar-refractivity contribution in [3.63, 3.8) is 0 Å². The van der Waals surface area contributed by atoms with E-state index >= 15 is 0 Å². The molecule has 1 heterocycles.